The van der Waals surface area contributed by atoms with Crippen LogP contribution in [0.15, 0.2) is 84.2 Å². The number of nitrogens with zero attached hydrogens (tertiary/aromatic N) is 4. The molecule has 182 valence electrons. The third kappa shape index (κ3) is 5.63. The van der Waals surface area contributed by atoms with Crippen molar-refractivity contribution in [3.8, 4) is 0 Å². The van der Waals surface area contributed by atoms with Crippen molar-refractivity contribution in [2.45, 2.75) is 32.6 Å². The zero-order chi connectivity index (χ0) is 24.0. The summed E-state index contributed by atoms with van der Waals surface area (Å²) in [5, 5.41) is 3.56. The largest absolute Gasteiger partial charge is 0.354 e. The second-order valence-electron chi connectivity index (χ2n) is 8.93. The molecule has 1 N–H and O–H groups in total. The van der Waals surface area contributed by atoms with E-state index in [0.717, 1.165) is 85.5 Å². The van der Waals surface area contributed by atoms with Crippen molar-refractivity contribution in [1.82, 2.24) is 14.6 Å². The van der Waals surface area contributed by atoms with Crippen molar-refractivity contribution < 1.29 is 4.79 Å². The van der Waals surface area contributed by atoms with Crippen LogP contribution >= 0.6 is 11.9 Å². The van der Waals surface area contributed by atoms with Crippen LogP contribution in [0, 0.1) is 0 Å². The number of aromatic nitrogens is 1. The topological polar surface area (TPSA) is 51.7 Å². The van der Waals surface area contributed by atoms with Crippen molar-refractivity contribution in [3.63, 3.8) is 0 Å². The fourth-order valence-electron chi connectivity index (χ4n) is 4.75. The molecule has 0 bridgehead atoms. The molecule has 2 aliphatic carbocycles. The van der Waals surface area contributed by atoms with Gasteiger partial charge in [0.05, 0.1) is 5.69 Å². The SMILES string of the molecule is CCSN1CCN(c2cc3c(cn2)CC(=O)C=C(NC2=CCCC=C2)N3C2=CCC=CC=C2)CC1. The summed E-state index contributed by atoms with van der Waals surface area (Å²) in [4.78, 5) is 22.4. The van der Waals surface area contributed by atoms with Crippen LogP contribution in [0.3, 0.4) is 0 Å². The normalized spacial score (nSPS) is 20.6. The Balaban J connectivity index is 1.52. The smallest absolute Gasteiger partial charge is 0.163 e. The summed E-state index contributed by atoms with van der Waals surface area (Å²) in [6.07, 6.45) is 24.0. The van der Waals surface area contributed by atoms with Crippen LogP contribution in [0.1, 0.15) is 31.7 Å². The number of ketones is 1. The maximum atomic E-state index is 13.0. The Morgan fingerprint density at radius 3 is 2.74 bits per heavy atom. The van der Waals surface area contributed by atoms with Gasteiger partial charge in [0.2, 0.25) is 0 Å². The summed E-state index contributed by atoms with van der Waals surface area (Å²) in [5.41, 5.74) is 4.04. The van der Waals surface area contributed by atoms with Crippen molar-refractivity contribution >= 4 is 29.2 Å². The molecule has 0 aromatic carbocycles. The predicted octanol–water partition coefficient (Wildman–Crippen LogP) is 4.87. The highest BCUT2D eigenvalue weighted by Crippen LogP contribution is 2.35. The van der Waals surface area contributed by atoms with E-state index in [2.05, 4.69) is 81.0 Å². The molecule has 6 nitrogen and oxygen atoms in total. The molecule has 1 fully saturated rings. The molecule has 0 spiro atoms. The molecule has 1 aromatic rings. The summed E-state index contributed by atoms with van der Waals surface area (Å²) >= 11 is 1.91. The third-order valence-corrected chi connectivity index (χ3v) is 7.46. The number of carbonyl (C=O) groups is 1. The van der Waals surface area contributed by atoms with Crippen molar-refractivity contribution in [1.29, 1.82) is 0 Å². The molecule has 7 heteroatoms. The highest BCUT2D eigenvalue weighted by Gasteiger charge is 2.27. The molecule has 35 heavy (non-hydrogen) atoms. The van der Waals surface area contributed by atoms with Gasteiger partial charge in [0.25, 0.3) is 0 Å². The number of rotatable bonds is 6. The Bertz CT molecular complexity index is 1140. The minimum absolute atomic E-state index is 0.0766. The van der Waals surface area contributed by atoms with Gasteiger partial charge in [-0.3, -0.25) is 9.69 Å². The van der Waals surface area contributed by atoms with E-state index in [1.165, 1.54) is 0 Å². The quantitative estimate of drug-likeness (QED) is 0.575. The Hall–Kier alpha value is -3.03. The van der Waals surface area contributed by atoms with Crippen LogP contribution in [0.4, 0.5) is 11.5 Å². The van der Waals surface area contributed by atoms with Gasteiger partial charge in [-0.15, -0.1) is 0 Å². The molecule has 0 atom stereocenters. The van der Waals surface area contributed by atoms with Crippen LogP contribution < -0.4 is 15.1 Å². The number of hydrogen-bond donors (Lipinski definition) is 1. The molecule has 2 aliphatic heterocycles. The number of piperazine rings is 1. The van der Waals surface area contributed by atoms with Gasteiger partial charge in [0.15, 0.2) is 5.78 Å². The lowest BCUT2D eigenvalue weighted by molar-refractivity contribution is -0.114. The van der Waals surface area contributed by atoms with Crippen LogP contribution in [0.2, 0.25) is 0 Å². The van der Waals surface area contributed by atoms with Gasteiger partial charge in [0.1, 0.15) is 11.6 Å². The Kier molecular flexibility index (Phi) is 7.54. The zero-order valence-corrected chi connectivity index (χ0v) is 21.1. The molecule has 1 saturated heterocycles. The average molecular weight is 488 g/mol. The number of anilines is 2. The number of nitrogens with one attached hydrogen (secondary N) is 1. The van der Waals surface area contributed by atoms with Crippen LogP contribution in [0.25, 0.3) is 0 Å². The van der Waals surface area contributed by atoms with E-state index in [9.17, 15) is 4.79 Å². The van der Waals surface area contributed by atoms with E-state index in [0.29, 0.717) is 6.42 Å². The third-order valence-electron chi connectivity index (χ3n) is 6.47. The zero-order valence-electron chi connectivity index (χ0n) is 20.3. The minimum atomic E-state index is 0.0766. The molecule has 5 rings (SSSR count). The van der Waals surface area contributed by atoms with E-state index < -0.39 is 0 Å². The molecule has 1 aromatic heterocycles. The van der Waals surface area contributed by atoms with E-state index in [-0.39, 0.29) is 5.78 Å². The number of fused-ring (bicyclic) bond motifs is 1. The molecule has 0 radical (unpaired) electrons. The second kappa shape index (κ2) is 11.1. The molecule has 4 aliphatic rings. The number of allylic oxidation sites excluding steroid dienone is 9. The summed E-state index contributed by atoms with van der Waals surface area (Å²) in [7, 11) is 0. The van der Waals surface area contributed by atoms with Crippen LogP contribution in [-0.4, -0.2) is 47.0 Å². The van der Waals surface area contributed by atoms with E-state index >= 15 is 0 Å². The number of hydrogen-bond acceptors (Lipinski definition) is 7. The fourth-order valence-corrected chi connectivity index (χ4v) is 5.54. The Morgan fingerprint density at radius 2 is 1.94 bits per heavy atom. The van der Waals surface area contributed by atoms with Gasteiger partial charge in [-0.05, 0) is 31.4 Å². The number of pyridine rings is 1. The van der Waals surface area contributed by atoms with Gasteiger partial charge in [-0.2, -0.15) is 0 Å². The number of carbonyl (C=O) groups excluding carboxylic acids is 1. The van der Waals surface area contributed by atoms with E-state index in [1.807, 2.05) is 18.1 Å². The molecule has 0 saturated carbocycles. The maximum Gasteiger partial charge on any atom is 0.163 e. The molecule has 3 heterocycles. The van der Waals surface area contributed by atoms with E-state index in [1.54, 1.807) is 6.08 Å². The van der Waals surface area contributed by atoms with E-state index in [4.69, 9.17) is 4.98 Å². The Morgan fingerprint density at radius 1 is 1.06 bits per heavy atom. The maximum absolute atomic E-state index is 13.0. The molecule has 0 amide bonds. The average Bonchev–Trinajstić information content (AvgIpc) is 3.22. The summed E-state index contributed by atoms with van der Waals surface area (Å²) < 4.78 is 2.44. The first-order valence-electron chi connectivity index (χ1n) is 12.5. The lowest BCUT2D eigenvalue weighted by Gasteiger charge is -2.35. The standard InChI is InChI=1S/C28H33N5OS/c1-2-35-32-16-14-31(15-17-32)27-20-26-22(21-29-27)18-25(34)19-28(30-23-10-6-5-7-11-23)33(26)24-12-8-3-4-9-13-24/h3-4,6,8,10-13,19-21,30H,2,5,7,9,14-18H2,1H3. The lowest BCUT2D eigenvalue weighted by Crippen LogP contribution is -2.44. The molecule has 0 unspecified atom stereocenters. The van der Waals surface area contributed by atoms with Crippen LogP contribution in [-0.2, 0) is 11.2 Å². The first kappa shape index (κ1) is 23.7. The van der Waals surface area contributed by atoms with Gasteiger partial charge in [-0.1, -0.05) is 55.3 Å². The van der Waals surface area contributed by atoms with Crippen molar-refractivity contribution in [2.24, 2.45) is 0 Å². The van der Waals surface area contributed by atoms with Gasteiger partial charge in [0, 0.05) is 73.6 Å². The van der Waals surface area contributed by atoms with Crippen LogP contribution in [0.5, 0.6) is 0 Å². The fraction of sp³-hybridized carbons (Fsp3) is 0.357. The summed E-state index contributed by atoms with van der Waals surface area (Å²) in [5.74, 6) is 2.93. The van der Waals surface area contributed by atoms with Crippen molar-refractivity contribution in [2.75, 3.05) is 41.7 Å². The minimum Gasteiger partial charge on any atom is -0.354 e. The first-order valence-corrected chi connectivity index (χ1v) is 13.5. The van der Waals surface area contributed by atoms with Crippen molar-refractivity contribution in [3.05, 3.63) is 89.7 Å². The molecular formula is C28H33N5OS. The Labute approximate surface area is 212 Å². The summed E-state index contributed by atoms with van der Waals surface area (Å²) in [6, 6.07) is 2.17. The van der Waals surface area contributed by atoms with Gasteiger partial charge < -0.3 is 10.2 Å². The first-order chi connectivity index (χ1) is 17.2. The van der Waals surface area contributed by atoms with Gasteiger partial charge >= 0.3 is 0 Å². The second-order valence-corrected chi connectivity index (χ2v) is 10.3. The lowest BCUT2D eigenvalue weighted by atomic mass is 10.1. The predicted molar refractivity (Wildman–Crippen MR) is 146 cm³/mol. The highest BCUT2D eigenvalue weighted by molar-refractivity contribution is 7.96. The van der Waals surface area contributed by atoms with Gasteiger partial charge in [-0.25, -0.2) is 9.29 Å². The summed E-state index contributed by atoms with van der Waals surface area (Å²) in [6.45, 7) is 6.13. The monoisotopic (exact) mass is 487 g/mol. The molecular weight excluding hydrogens is 454 g/mol. The highest BCUT2D eigenvalue weighted by atomic mass is 32.2.